The molecule has 0 unspecified atom stereocenters. The lowest BCUT2D eigenvalue weighted by Crippen LogP contribution is -2.43. The Morgan fingerprint density at radius 2 is 2.00 bits per heavy atom. The van der Waals surface area contributed by atoms with Crippen molar-refractivity contribution in [1.82, 2.24) is 9.80 Å². The summed E-state index contributed by atoms with van der Waals surface area (Å²) in [6.45, 7) is 2.62. The highest BCUT2D eigenvalue weighted by atomic mass is 16.5. The van der Waals surface area contributed by atoms with Crippen LogP contribution in [0.25, 0.3) is 0 Å². The third kappa shape index (κ3) is 5.19. The van der Waals surface area contributed by atoms with Crippen molar-refractivity contribution in [2.45, 2.75) is 13.3 Å². The van der Waals surface area contributed by atoms with Gasteiger partial charge in [0.25, 0.3) is 0 Å². The molecule has 0 aliphatic carbocycles. The number of hydrogen-bond acceptors (Lipinski definition) is 5. The number of carbonyl (C=O) groups excluding carboxylic acids is 2. The summed E-state index contributed by atoms with van der Waals surface area (Å²) < 4.78 is 5.35. The monoisotopic (exact) mass is 377 g/mol. The molecule has 1 saturated heterocycles. The number of carboxylic acids is 1. The number of benzene rings is 1. The first-order chi connectivity index (χ1) is 12.7. The Hall–Kier alpha value is -2.61. The number of carboxylic acid groups (broad SMARTS) is 1. The first-order valence-electron chi connectivity index (χ1n) is 8.83. The lowest BCUT2D eigenvalue weighted by Gasteiger charge is -2.25. The highest BCUT2D eigenvalue weighted by Crippen LogP contribution is 2.34. The zero-order valence-corrected chi connectivity index (χ0v) is 16.3. The minimum atomic E-state index is -1.07. The van der Waals surface area contributed by atoms with Crippen LogP contribution in [0.4, 0.5) is 5.69 Å². The molecule has 8 heteroatoms. The maximum absolute atomic E-state index is 12.9. The van der Waals surface area contributed by atoms with Crippen LogP contribution in [0, 0.1) is 12.8 Å². The summed E-state index contributed by atoms with van der Waals surface area (Å²) in [6, 6.07) is 5.53. The van der Waals surface area contributed by atoms with Gasteiger partial charge in [-0.15, -0.1) is 0 Å². The highest BCUT2D eigenvalue weighted by molar-refractivity contribution is 6.01. The van der Waals surface area contributed by atoms with Gasteiger partial charge in [0.15, 0.2) is 0 Å². The number of ether oxygens (including phenoxy) is 1. The smallest absolute Gasteiger partial charge is 0.323 e. The van der Waals surface area contributed by atoms with E-state index >= 15 is 0 Å². The third-order valence-corrected chi connectivity index (χ3v) is 4.55. The van der Waals surface area contributed by atoms with Gasteiger partial charge in [-0.25, -0.2) is 0 Å². The largest absolute Gasteiger partial charge is 0.495 e. The highest BCUT2D eigenvalue weighted by Gasteiger charge is 2.38. The molecule has 0 spiro atoms. The molecule has 8 nitrogen and oxygen atoms in total. The summed E-state index contributed by atoms with van der Waals surface area (Å²) >= 11 is 0. The minimum Gasteiger partial charge on any atom is -0.495 e. The van der Waals surface area contributed by atoms with Crippen molar-refractivity contribution in [1.29, 1.82) is 0 Å². The standard InChI is InChI=1S/C19H27N3O5/c1-13-5-6-16(27-4)15(9-13)22-11-14(10-17(22)23)19(26)21(12-18(24)25)8-7-20(2)3/h5-6,9,14H,7-8,10-12H2,1-4H3,(H,24,25)/t14-/m0/s1. The first-order valence-corrected chi connectivity index (χ1v) is 8.83. The number of aliphatic carboxylic acids is 1. The van der Waals surface area contributed by atoms with Gasteiger partial charge in [0.2, 0.25) is 11.8 Å². The lowest BCUT2D eigenvalue weighted by atomic mass is 10.1. The van der Waals surface area contributed by atoms with Gasteiger partial charge in [-0.2, -0.15) is 0 Å². The second-order valence-corrected chi connectivity index (χ2v) is 7.04. The second-order valence-electron chi connectivity index (χ2n) is 7.04. The van der Waals surface area contributed by atoms with E-state index in [1.165, 1.54) is 12.0 Å². The molecule has 1 N–H and O–H groups in total. The number of anilines is 1. The van der Waals surface area contributed by atoms with Gasteiger partial charge in [-0.1, -0.05) is 6.07 Å². The third-order valence-electron chi connectivity index (χ3n) is 4.55. The zero-order valence-electron chi connectivity index (χ0n) is 16.3. The maximum Gasteiger partial charge on any atom is 0.323 e. The number of amides is 2. The predicted molar refractivity (Wildman–Crippen MR) is 101 cm³/mol. The summed E-state index contributed by atoms with van der Waals surface area (Å²) in [5, 5.41) is 9.12. The van der Waals surface area contributed by atoms with Gasteiger partial charge in [-0.3, -0.25) is 14.4 Å². The molecule has 0 aromatic heterocycles. The van der Waals surface area contributed by atoms with Crippen molar-refractivity contribution in [2.24, 2.45) is 5.92 Å². The number of nitrogens with zero attached hydrogens (tertiary/aromatic N) is 3. The average Bonchev–Trinajstić information content (AvgIpc) is 2.99. The van der Waals surface area contributed by atoms with Crippen LogP contribution in [-0.4, -0.2) is 80.1 Å². The number of methoxy groups -OCH3 is 1. The van der Waals surface area contributed by atoms with Crippen molar-refractivity contribution in [3.63, 3.8) is 0 Å². The van der Waals surface area contributed by atoms with Gasteiger partial charge in [-0.05, 0) is 38.7 Å². The Balaban J connectivity index is 2.18. The molecular weight excluding hydrogens is 350 g/mol. The Labute approximate surface area is 159 Å². The van der Waals surface area contributed by atoms with Gasteiger partial charge < -0.3 is 24.5 Å². The molecule has 1 aromatic carbocycles. The number of carbonyl (C=O) groups is 3. The molecular formula is C19H27N3O5. The van der Waals surface area contributed by atoms with Crippen LogP contribution in [-0.2, 0) is 14.4 Å². The van der Waals surface area contributed by atoms with Crippen molar-refractivity contribution < 1.29 is 24.2 Å². The summed E-state index contributed by atoms with van der Waals surface area (Å²) in [5.74, 6) is -1.54. The van der Waals surface area contributed by atoms with Crippen LogP contribution >= 0.6 is 0 Å². The Morgan fingerprint density at radius 1 is 1.30 bits per heavy atom. The SMILES string of the molecule is COc1ccc(C)cc1N1C[C@@H](C(=O)N(CCN(C)C)CC(=O)O)CC1=O. The Morgan fingerprint density at radius 3 is 2.59 bits per heavy atom. The summed E-state index contributed by atoms with van der Waals surface area (Å²) in [5.41, 5.74) is 1.61. The molecule has 27 heavy (non-hydrogen) atoms. The molecule has 2 amide bonds. The van der Waals surface area contributed by atoms with E-state index in [1.54, 1.807) is 11.0 Å². The van der Waals surface area contributed by atoms with Crippen molar-refractivity contribution in [3.8, 4) is 5.75 Å². The van der Waals surface area contributed by atoms with Crippen molar-refractivity contribution in [2.75, 3.05) is 52.3 Å². The number of aryl methyl sites for hydroxylation is 1. The van der Waals surface area contributed by atoms with E-state index in [0.717, 1.165) is 5.56 Å². The van der Waals surface area contributed by atoms with Crippen molar-refractivity contribution in [3.05, 3.63) is 23.8 Å². The van der Waals surface area contributed by atoms with Crippen LogP contribution in [0.1, 0.15) is 12.0 Å². The van der Waals surface area contributed by atoms with Gasteiger partial charge in [0, 0.05) is 26.1 Å². The van der Waals surface area contributed by atoms with E-state index in [-0.39, 0.29) is 31.3 Å². The van der Waals surface area contributed by atoms with Crippen LogP contribution in [0.3, 0.4) is 0 Å². The summed E-state index contributed by atoms with van der Waals surface area (Å²) in [4.78, 5) is 41.3. The fourth-order valence-corrected chi connectivity index (χ4v) is 3.13. The van der Waals surface area contributed by atoms with Crippen LogP contribution < -0.4 is 9.64 Å². The Kier molecular flexibility index (Phi) is 6.79. The quantitative estimate of drug-likeness (QED) is 0.722. The second kappa shape index (κ2) is 8.85. The number of likely N-dealkylation sites (N-methyl/N-ethyl adjacent to an activating group) is 1. The fourth-order valence-electron chi connectivity index (χ4n) is 3.13. The molecule has 1 heterocycles. The molecule has 1 aliphatic rings. The molecule has 0 saturated carbocycles. The van der Waals surface area contributed by atoms with Gasteiger partial charge >= 0.3 is 5.97 Å². The Bertz CT molecular complexity index is 719. The fraction of sp³-hybridized carbons (Fsp3) is 0.526. The number of rotatable bonds is 8. The van der Waals surface area contributed by atoms with Crippen LogP contribution in [0.15, 0.2) is 18.2 Å². The molecule has 1 atom stereocenters. The van der Waals surface area contributed by atoms with Crippen LogP contribution in [0.5, 0.6) is 5.75 Å². The van der Waals surface area contributed by atoms with E-state index < -0.39 is 11.9 Å². The molecule has 0 bridgehead atoms. The van der Waals surface area contributed by atoms with E-state index in [0.29, 0.717) is 24.5 Å². The van der Waals surface area contributed by atoms with E-state index in [4.69, 9.17) is 9.84 Å². The van der Waals surface area contributed by atoms with E-state index in [9.17, 15) is 14.4 Å². The van der Waals surface area contributed by atoms with Crippen molar-refractivity contribution >= 4 is 23.5 Å². The topological polar surface area (TPSA) is 90.4 Å². The first kappa shape index (κ1) is 20.7. The van der Waals surface area contributed by atoms with Gasteiger partial charge in [0.1, 0.15) is 12.3 Å². The zero-order chi connectivity index (χ0) is 20.1. The van der Waals surface area contributed by atoms with E-state index in [1.807, 2.05) is 38.1 Å². The molecule has 2 rings (SSSR count). The molecule has 1 fully saturated rings. The predicted octanol–water partition coefficient (Wildman–Crippen LogP) is 0.831. The minimum absolute atomic E-state index is 0.0635. The number of hydrogen-bond donors (Lipinski definition) is 1. The molecule has 1 aliphatic heterocycles. The van der Waals surface area contributed by atoms with Gasteiger partial charge in [0.05, 0.1) is 18.7 Å². The van der Waals surface area contributed by atoms with E-state index in [2.05, 4.69) is 0 Å². The summed E-state index contributed by atoms with van der Waals surface area (Å²) in [6.07, 6.45) is 0.0635. The normalized spacial score (nSPS) is 16.7. The van der Waals surface area contributed by atoms with Crippen LogP contribution in [0.2, 0.25) is 0 Å². The average molecular weight is 377 g/mol. The summed E-state index contributed by atoms with van der Waals surface area (Å²) in [7, 11) is 5.25. The maximum atomic E-state index is 12.9. The molecule has 148 valence electrons. The molecule has 0 radical (unpaired) electrons. The molecule has 1 aromatic rings. The lowest BCUT2D eigenvalue weighted by molar-refractivity contribution is -0.146.